The highest BCUT2D eigenvalue weighted by molar-refractivity contribution is 6.31. The Kier molecular flexibility index (Phi) is 6.56. The Morgan fingerprint density at radius 3 is 2.77 bits per heavy atom. The van der Waals surface area contributed by atoms with Crippen LogP contribution in [0.3, 0.4) is 0 Å². The molecule has 3 rings (SSSR count). The molecule has 1 unspecified atom stereocenters. The molecule has 3 aromatic rings. The predicted molar refractivity (Wildman–Crippen MR) is 107 cm³/mol. The van der Waals surface area contributed by atoms with Gasteiger partial charge in [0.15, 0.2) is 0 Å². The Morgan fingerprint density at radius 2 is 2.00 bits per heavy atom. The molecule has 0 radical (unpaired) electrons. The molecule has 3 N–H and O–H groups in total. The maximum absolute atomic E-state index is 10.1. The standard InChI is InChI=1S/C21H25ClN2O2/c1-2-15-3-6-19(7-4-15)26-14-18(25)13-23-10-9-16-12-24-21-8-5-17(22)11-20(16)21/h3-8,11-12,18,23-25H,2,9-10,13-14H2,1H3. The number of halogens is 1. The molecule has 0 fully saturated rings. The van der Waals surface area contributed by atoms with E-state index in [1.54, 1.807) is 0 Å². The number of aromatic nitrogens is 1. The van der Waals surface area contributed by atoms with Crippen molar-refractivity contribution in [2.24, 2.45) is 0 Å². The van der Waals surface area contributed by atoms with Gasteiger partial charge in [-0.15, -0.1) is 0 Å². The number of nitrogens with one attached hydrogen (secondary N) is 2. The molecule has 0 bridgehead atoms. The summed E-state index contributed by atoms with van der Waals surface area (Å²) in [6.45, 7) is 3.68. The summed E-state index contributed by atoms with van der Waals surface area (Å²) in [5.41, 5.74) is 3.59. The molecule has 138 valence electrons. The second-order valence-corrected chi connectivity index (χ2v) is 6.86. The predicted octanol–water partition coefficient (Wildman–Crippen LogP) is 3.96. The second-order valence-electron chi connectivity index (χ2n) is 6.42. The summed E-state index contributed by atoms with van der Waals surface area (Å²) in [6.07, 6.45) is 3.35. The minimum absolute atomic E-state index is 0.279. The number of aliphatic hydroxyl groups excluding tert-OH is 1. The molecule has 0 saturated carbocycles. The second kappa shape index (κ2) is 9.08. The fraction of sp³-hybridized carbons (Fsp3) is 0.333. The lowest BCUT2D eigenvalue weighted by Crippen LogP contribution is -2.32. The van der Waals surface area contributed by atoms with Crippen molar-refractivity contribution >= 4 is 22.5 Å². The highest BCUT2D eigenvalue weighted by atomic mass is 35.5. The summed E-state index contributed by atoms with van der Waals surface area (Å²) >= 11 is 6.08. The van der Waals surface area contributed by atoms with E-state index in [9.17, 15) is 5.11 Å². The van der Waals surface area contributed by atoms with Gasteiger partial charge in [-0.3, -0.25) is 0 Å². The number of hydrogen-bond donors (Lipinski definition) is 3. The first-order valence-electron chi connectivity index (χ1n) is 9.01. The van der Waals surface area contributed by atoms with E-state index < -0.39 is 6.10 Å². The first-order chi connectivity index (χ1) is 12.7. The van der Waals surface area contributed by atoms with Crippen LogP contribution in [0.15, 0.2) is 48.7 Å². The molecule has 0 aliphatic carbocycles. The van der Waals surface area contributed by atoms with Crippen molar-refractivity contribution in [3.8, 4) is 5.75 Å². The fourth-order valence-corrected chi connectivity index (χ4v) is 3.09. The molecule has 4 nitrogen and oxygen atoms in total. The average molecular weight is 373 g/mol. The molecule has 0 aliphatic rings. The van der Waals surface area contributed by atoms with Gasteiger partial charge in [-0.2, -0.15) is 0 Å². The summed E-state index contributed by atoms with van der Waals surface area (Å²) in [5.74, 6) is 0.789. The number of rotatable bonds is 9. The normalized spacial score (nSPS) is 12.4. The van der Waals surface area contributed by atoms with Crippen molar-refractivity contribution in [2.45, 2.75) is 25.9 Å². The number of hydrogen-bond acceptors (Lipinski definition) is 3. The first-order valence-corrected chi connectivity index (χ1v) is 9.39. The third kappa shape index (κ3) is 5.01. The molecule has 1 atom stereocenters. The summed E-state index contributed by atoms with van der Waals surface area (Å²) in [4.78, 5) is 3.26. The molecule has 0 saturated heterocycles. The maximum Gasteiger partial charge on any atom is 0.119 e. The minimum atomic E-state index is -0.543. The zero-order chi connectivity index (χ0) is 18.4. The molecule has 1 heterocycles. The topological polar surface area (TPSA) is 57.3 Å². The van der Waals surface area contributed by atoms with Crippen molar-refractivity contribution in [1.29, 1.82) is 0 Å². The number of fused-ring (bicyclic) bond motifs is 1. The zero-order valence-corrected chi connectivity index (χ0v) is 15.7. The molecular weight excluding hydrogens is 348 g/mol. The van der Waals surface area contributed by atoms with E-state index in [4.69, 9.17) is 16.3 Å². The van der Waals surface area contributed by atoms with Crippen LogP contribution in [-0.4, -0.2) is 35.9 Å². The highest BCUT2D eigenvalue weighted by Gasteiger charge is 2.07. The third-order valence-corrected chi connectivity index (χ3v) is 4.69. The van der Waals surface area contributed by atoms with Crippen molar-refractivity contribution in [3.63, 3.8) is 0 Å². The number of benzene rings is 2. The van der Waals surface area contributed by atoms with Crippen LogP contribution in [-0.2, 0) is 12.8 Å². The Balaban J connectivity index is 1.39. The van der Waals surface area contributed by atoms with Gasteiger partial charge in [0.2, 0.25) is 0 Å². The molecule has 0 aliphatic heterocycles. The average Bonchev–Trinajstić information content (AvgIpc) is 3.06. The number of aromatic amines is 1. The molecule has 1 aromatic heterocycles. The van der Waals surface area contributed by atoms with Gasteiger partial charge in [-0.05, 0) is 60.8 Å². The SMILES string of the molecule is CCc1ccc(OCC(O)CNCCc2c[nH]c3ccc(Cl)cc23)cc1. The highest BCUT2D eigenvalue weighted by Crippen LogP contribution is 2.22. The van der Waals surface area contributed by atoms with E-state index in [0.717, 1.165) is 41.1 Å². The van der Waals surface area contributed by atoms with E-state index in [2.05, 4.69) is 17.2 Å². The van der Waals surface area contributed by atoms with Crippen molar-refractivity contribution < 1.29 is 9.84 Å². The van der Waals surface area contributed by atoms with Crippen molar-refractivity contribution in [1.82, 2.24) is 10.3 Å². The quantitative estimate of drug-likeness (QED) is 0.498. The Morgan fingerprint density at radius 1 is 1.19 bits per heavy atom. The number of aliphatic hydroxyl groups is 1. The largest absolute Gasteiger partial charge is 0.491 e. The van der Waals surface area contributed by atoms with Crippen LogP contribution in [0, 0.1) is 0 Å². The van der Waals surface area contributed by atoms with Gasteiger partial charge in [-0.25, -0.2) is 0 Å². The van der Waals surface area contributed by atoms with Gasteiger partial charge in [0.05, 0.1) is 0 Å². The lowest BCUT2D eigenvalue weighted by molar-refractivity contribution is 0.106. The molecule has 0 spiro atoms. The van der Waals surface area contributed by atoms with Gasteiger partial charge in [-0.1, -0.05) is 30.7 Å². The lowest BCUT2D eigenvalue weighted by Gasteiger charge is -2.13. The zero-order valence-electron chi connectivity index (χ0n) is 15.0. The monoisotopic (exact) mass is 372 g/mol. The number of aryl methyl sites for hydroxylation is 1. The first kappa shape index (κ1) is 18.8. The van der Waals surface area contributed by atoms with Gasteiger partial charge in [0, 0.05) is 28.7 Å². The van der Waals surface area contributed by atoms with E-state index in [1.165, 1.54) is 11.1 Å². The van der Waals surface area contributed by atoms with Gasteiger partial charge in [0.1, 0.15) is 18.5 Å². The molecule has 5 heteroatoms. The summed E-state index contributed by atoms with van der Waals surface area (Å²) in [6, 6.07) is 13.8. The maximum atomic E-state index is 10.1. The Bertz CT molecular complexity index is 830. The van der Waals surface area contributed by atoms with Crippen LogP contribution in [0.1, 0.15) is 18.1 Å². The van der Waals surface area contributed by atoms with E-state index in [0.29, 0.717) is 6.54 Å². The third-order valence-electron chi connectivity index (χ3n) is 4.45. The summed E-state index contributed by atoms with van der Waals surface area (Å²) in [7, 11) is 0. The van der Waals surface area contributed by atoms with Crippen LogP contribution in [0.4, 0.5) is 0 Å². The van der Waals surface area contributed by atoms with Crippen LogP contribution in [0.25, 0.3) is 10.9 Å². The smallest absolute Gasteiger partial charge is 0.119 e. The lowest BCUT2D eigenvalue weighted by atomic mass is 10.1. The van der Waals surface area contributed by atoms with E-state index >= 15 is 0 Å². The van der Waals surface area contributed by atoms with Crippen LogP contribution in [0.5, 0.6) is 5.75 Å². The fourth-order valence-electron chi connectivity index (χ4n) is 2.92. The van der Waals surface area contributed by atoms with Crippen molar-refractivity contribution in [3.05, 3.63) is 64.8 Å². The van der Waals surface area contributed by atoms with E-state index in [1.807, 2.05) is 48.7 Å². The molecule has 26 heavy (non-hydrogen) atoms. The molecular formula is C21H25ClN2O2. The van der Waals surface area contributed by atoms with Crippen LogP contribution >= 0.6 is 11.6 Å². The van der Waals surface area contributed by atoms with Crippen LogP contribution < -0.4 is 10.1 Å². The van der Waals surface area contributed by atoms with Gasteiger partial charge in [0.25, 0.3) is 0 Å². The van der Waals surface area contributed by atoms with E-state index in [-0.39, 0.29) is 6.61 Å². The summed E-state index contributed by atoms with van der Waals surface area (Å²) < 4.78 is 5.63. The van der Waals surface area contributed by atoms with Gasteiger partial charge >= 0.3 is 0 Å². The van der Waals surface area contributed by atoms with Crippen LogP contribution in [0.2, 0.25) is 5.02 Å². The molecule has 0 amide bonds. The minimum Gasteiger partial charge on any atom is -0.491 e. The Labute approximate surface area is 159 Å². The van der Waals surface area contributed by atoms with Crippen molar-refractivity contribution in [2.75, 3.05) is 19.7 Å². The van der Waals surface area contributed by atoms with Gasteiger partial charge < -0.3 is 20.1 Å². The number of H-pyrrole nitrogens is 1. The Hall–Kier alpha value is -2.01. The molecule has 2 aromatic carbocycles. The number of ether oxygens (including phenoxy) is 1. The summed E-state index contributed by atoms with van der Waals surface area (Å²) in [5, 5.41) is 15.2.